The number of anilines is 2. The van der Waals surface area contributed by atoms with Gasteiger partial charge in [-0.3, -0.25) is 0 Å². The average molecular weight is 259 g/mol. The standard InChI is InChI=1S/C13H11ClN4/c14-9-10-1-3-11(4-2-10)17-13-12-5-6-16-18(12)8-7-15-13/h1-8H,9H2,(H,15,17). The molecule has 0 aliphatic carbocycles. The molecule has 0 saturated carbocycles. The van der Waals surface area contributed by atoms with E-state index in [9.17, 15) is 0 Å². The Labute approximate surface area is 109 Å². The normalized spacial score (nSPS) is 10.7. The van der Waals surface area contributed by atoms with E-state index >= 15 is 0 Å². The van der Waals surface area contributed by atoms with Gasteiger partial charge in [-0.25, -0.2) is 9.50 Å². The lowest BCUT2D eigenvalue weighted by molar-refractivity contribution is 0.948. The van der Waals surface area contributed by atoms with Gasteiger partial charge in [0, 0.05) is 24.0 Å². The van der Waals surface area contributed by atoms with Crippen molar-refractivity contribution in [2.75, 3.05) is 5.32 Å². The maximum absolute atomic E-state index is 5.76. The number of halogens is 1. The Bertz CT molecular complexity index is 660. The van der Waals surface area contributed by atoms with Crippen LogP contribution in [0.15, 0.2) is 48.9 Å². The monoisotopic (exact) mass is 258 g/mol. The molecule has 3 rings (SSSR count). The fraction of sp³-hybridized carbons (Fsp3) is 0.0769. The third kappa shape index (κ3) is 2.02. The highest BCUT2D eigenvalue weighted by atomic mass is 35.5. The summed E-state index contributed by atoms with van der Waals surface area (Å²) in [5, 5.41) is 7.44. The fourth-order valence-electron chi connectivity index (χ4n) is 1.77. The Morgan fingerprint density at radius 3 is 2.72 bits per heavy atom. The highest BCUT2D eigenvalue weighted by Crippen LogP contribution is 2.19. The Hall–Kier alpha value is -2.07. The van der Waals surface area contributed by atoms with Crippen LogP contribution in [0, 0.1) is 0 Å². The second-order valence-corrected chi connectivity index (χ2v) is 4.16. The zero-order valence-electron chi connectivity index (χ0n) is 9.55. The van der Waals surface area contributed by atoms with Gasteiger partial charge < -0.3 is 5.32 Å². The molecule has 2 aromatic heterocycles. The maximum Gasteiger partial charge on any atom is 0.156 e. The number of alkyl halides is 1. The molecule has 0 amide bonds. The minimum Gasteiger partial charge on any atom is -0.338 e. The molecule has 2 heterocycles. The van der Waals surface area contributed by atoms with E-state index in [1.54, 1.807) is 16.9 Å². The van der Waals surface area contributed by atoms with Crippen LogP contribution in [0.1, 0.15) is 5.56 Å². The number of hydrogen-bond donors (Lipinski definition) is 1. The molecule has 0 saturated heterocycles. The molecule has 0 fully saturated rings. The minimum atomic E-state index is 0.525. The second kappa shape index (κ2) is 4.66. The summed E-state index contributed by atoms with van der Waals surface area (Å²) in [6.07, 6.45) is 5.28. The van der Waals surface area contributed by atoms with Crippen LogP contribution in [0.2, 0.25) is 0 Å². The summed E-state index contributed by atoms with van der Waals surface area (Å²) >= 11 is 5.76. The molecule has 0 aliphatic heterocycles. The first-order valence-corrected chi connectivity index (χ1v) is 6.10. The summed E-state index contributed by atoms with van der Waals surface area (Å²) in [7, 11) is 0. The minimum absolute atomic E-state index is 0.525. The van der Waals surface area contributed by atoms with Crippen LogP contribution in [-0.2, 0) is 5.88 Å². The van der Waals surface area contributed by atoms with Crippen molar-refractivity contribution in [1.29, 1.82) is 0 Å². The van der Waals surface area contributed by atoms with Gasteiger partial charge in [0.2, 0.25) is 0 Å². The molecule has 0 unspecified atom stereocenters. The van der Waals surface area contributed by atoms with Crippen LogP contribution in [0.5, 0.6) is 0 Å². The lowest BCUT2D eigenvalue weighted by Gasteiger charge is -2.07. The number of aromatic nitrogens is 3. The smallest absolute Gasteiger partial charge is 0.156 e. The van der Waals surface area contributed by atoms with Gasteiger partial charge >= 0.3 is 0 Å². The van der Waals surface area contributed by atoms with Crippen LogP contribution < -0.4 is 5.32 Å². The van der Waals surface area contributed by atoms with Crippen LogP contribution in [0.25, 0.3) is 5.52 Å². The second-order valence-electron chi connectivity index (χ2n) is 3.89. The summed E-state index contributed by atoms with van der Waals surface area (Å²) in [4.78, 5) is 4.32. The van der Waals surface area contributed by atoms with Gasteiger partial charge in [0.25, 0.3) is 0 Å². The quantitative estimate of drug-likeness (QED) is 0.734. The Morgan fingerprint density at radius 1 is 1.11 bits per heavy atom. The number of hydrogen-bond acceptors (Lipinski definition) is 3. The topological polar surface area (TPSA) is 42.2 Å². The van der Waals surface area contributed by atoms with Crippen molar-refractivity contribution >= 4 is 28.6 Å². The van der Waals surface area contributed by atoms with E-state index in [4.69, 9.17) is 11.6 Å². The number of benzene rings is 1. The van der Waals surface area contributed by atoms with Crippen LogP contribution in [0.3, 0.4) is 0 Å². The molecule has 1 N–H and O–H groups in total. The van der Waals surface area contributed by atoms with Crippen molar-refractivity contribution < 1.29 is 0 Å². The first-order valence-electron chi connectivity index (χ1n) is 5.57. The van der Waals surface area contributed by atoms with E-state index in [1.807, 2.05) is 36.5 Å². The van der Waals surface area contributed by atoms with Crippen LogP contribution in [-0.4, -0.2) is 14.6 Å². The number of rotatable bonds is 3. The molecule has 0 radical (unpaired) electrons. The molecular formula is C13H11ClN4. The van der Waals surface area contributed by atoms with Gasteiger partial charge in [0.1, 0.15) is 5.52 Å². The highest BCUT2D eigenvalue weighted by Gasteiger charge is 2.03. The van der Waals surface area contributed by atoms with Crippen molar-refractivity contribution in [3.05, 3.63) is 54.5 Å². The van der Waals surface area contributed by atoms with Gasteiger partial charge in [-0.15, -0.1) is 11.6 Å². The lowest BCUT2D eigenvalue weighted by atomic mass is 10.2. The molecule has 0 atom stereocenters. The third-order valence-electron chi connectivity index (χ3n) is 2.70. The van der Waals surface area contributed by atoms with Gasteiger partial charge in [0.05, 0.1) is 6.20 Å². The Morgan fingerprint density at radius 2 is 1.94 bits per heavy atom. The predicted molar refractivity (Wildman–Crippen MR) is 72.3 cm³/mol. The van der Waals surface area contributed by atoms with E-state index in [-0.39, 0.29) is 0 Å². The van der Waals surface area contributed by atoms with Gasteiger partial charge in [0.15, 0.2) is 5.82 Å². The lowest BCUT2D eigenvalue weighted by Crippen LogP contribution is -1.97. The van der Waals surface area contributed by atoms with E-state index in [0.29, 0.717) is 5.88 Å². The first kappa shape index (κ1) is 11.0. The van der Waals surface area contributed by atoms with E-state index in [0.717, 1.165) is 22.6 Å². The molecular weight excluding hydrogens is 248 g/mol. The van der Waals surface area contributed by atoms with Crippen molar-refractivity contribution in [2.45, 2.75) is 5.88 Å². The largest absolute Gasteiger partial charge is 0.338 e. The van der Waals surface area contributed by atoms with Crippen molar-refractivity contribution in [3.8, 4) is 0 Å². The average Bonchev–Trinajstić information content (AvgIpc) is 2.89. The molecule has 1 aromatic carbocycles. The molecule has 5 heteroatoms. The van der Waals surface area contributed by atoms with Crippen LogP contribution >= 0.6 is 11.6 Å². The Balaban J connectivity index is 1.93. The summed E-state index contributed by atoms with van der Waals surface area (Å²) < 4.78 is 1.78. The van der Waals surface area contributed by atoms with Crippen molar-refractivity contribution in [2.24, 2.45) is 0 Å². The van der Waals surface area contributed by atoms with Gasteiger partial charge in [-0.2, -0.15) is 5.10 Å². The van der Waals surface area contributed by atoms with Gasteiger partial charge in [-0.1, -0.05) is 12.1 Å². The molecule has 0 bridgehead atoms. The van der Waals surface area contributed by atoms with E-state index in [2.05, 4.69) is 15.4 Å². The summed E-state index contributed by atoms with van der Waals surface area (Å²) in [5.74, 6) is 1.31. The Kier molecular flexibility index (Phi) is 2.86. The predicted octanol–water partition coefficient (Wildman–Crippen LogP) is 3.21. The maximum atomic E-state index is 5.76. The van der Waals surface area contributed by atoms with E-state index in [1.165, 1.54) is 0 Å². The van der Waals surface area contributed by atoms with Crippen molar-refractivity contribution in [1.82, 2.24) is 14.6 Å². The first-order chi connectivity index (χ1) is 8.86. The van der Waals surface area contributed by atoms with E-state index < -0.39 is 0 Å². The number of nitrogens with one attached hydrogen (secondary N) is 1. The SMILES string of the molecule is ClCc1ccc(Nc2nccn3nccc23)cc1. The summed E-state index contributed by atoms with van der Waals surface area (Å²) in [6, 6.07) is 9.87. The molecule has 18 heavy (non-hydrogen) atoms. The number of fused-ring (bicyclic) bond motifs is 1. The molecule has 0 aliphatic rings. The van der Waals surface area contributed by atoms with Crippen LogP contribution in [0.4, 0.5) is 11.5 Å². The molecule has 3 aromatic rings. The zero-order valence-corrected chi connectivity index (χ0v) is 10.3. The molecule has 90 valence electrons. The summed E-state index contributed by atoms with van der Waals surface area (Å²) in [6.45, 7) is 0. The third-order valence-corrected chi connectivity index (χ3v) is 3.00. The fourth-order valence-corrected chi connectivity index (χ4v) is 1.95. The molecule has 0 spiro atoms. The van der Waals surface area contributed by atoms with Crippen molar-refractivity contribution in [3.63, 3.8) is 0 Å². The summed E-state index contributed by atoms with van der Waals surface area (Å²) in [5.41, 5.74) is 3.02. The zero-order chi connectivity index (χ0) is 12.4. The molecule has 4 nitrogen and oxygen atoms in total. The van der Waals surface area contributed by atoms with Gasteiger partial charge in [-0.05, 0) is 23.8 Å². The number of nitrogens with zero attached hydrogens (tertiary/aromatic N) is 3. The highest BCUT2D eigenvalue weighted by molar-refractivity contribution is 6.17.